The van der Waals surface area contributed by atoms with Crippen LogP contribution in [0, 0.1) is 5.82 Å². The van der Waals surface area contributed by atoms with Crippen LogP contribution in [-0.4, -0.2) is 22.4 Å². The Balaban J connectivity index is 1.49. The van der Waals surface area contributed by atoms with Crippen molar-refractivity contribution >= 4 is 23.3 Å². The number of nitrogens with two attached hydrogens (primary N) is 1. The minimum Gasteiger partial charge on any atom is -0.369 e. The average molecular weight is 439 g/mol. The first-order chi connectivity index (χ1) is 15.0. The van der Waals surface area contributed by atoms with Crippen molar-refractivity contribution in [1.82, 2.24) is 9.97 Å². The van der Waals surface area contributed by atoms with Crippen LogP contribution in [-0.2, 0) is 24.1 Å². The number of aryl methyl sites for hydroxylation is 2. The SMILES string of the molecule is NC(=O)Cc1ccc(CCc2ncnc(N3CCCC3c3cccc(Cl)c3)c2F)cc1. The molecular formula is C24H24ClFN4O. The van der Waals surface area contributed by atoms with Crippen molar-refractivity contribution in [1.29, 1.82) is 0 Å². The van der Waals surface area contributed by atoms with Gasteiger partial charge in [-0.05, 0) is 54.5 Å². The van der Waals surface area contributed by atoms with E-state index in [-0.39, 0.29) is 24.2 Å². The molecule has 31 heavy (non-hydrogen) atoms. The van der Waals surface area contributed by atoms with E-state index in [0.717, 1.165) is 36.1 Å². The lowest BCUT2D eigenvalue weighted by molar-refractivity contribution is -0.117. The number of halogens is 2. The summed E-state index contributed by atoms with van der Waals surface area (Å²) in [5.74, 6) is -0.368. The third-order valence-corrected chi connectivity index (χ3v) is 5.89. The Morgan fingerprint density at radius 3 is 2.65 bits per heavy atom. The number of aromatic nitrogens is 2. The van der Waals surface area contributed by atoms with Crippen LogP contribution in [0.3, 0.4) is 0 Å². The molecule has 2 N–H and O–H groups in total. The Morgan fingerprint density at radius 2 is 1.90 bits per heavy atom. The summed E-state index contributed by atoms with van der Waals surface area (Å²) in [6.45, 7) is 0.742. The van der Waals surface area contributed by atoms with E-state index < -0.39 is 0 Å². The molecule has 1 fully saturated rings. The zero-order chi connectivity index (χ0) is 21.8. The van der Waals surface area contributed by atoms with Crippen LogP contribution in [0.1, 0.15) is 41.3 Å². The van der Waals surface area contributed by atoms with E-state index in [4.69, 9.17) is 17.3 Å². The van der Waals surface area contributed by atoms with Crippen LogP contribution in [0.15, 0.2) is 54.9 Å². The van der Waals surface area contributed by atoms with Gasteiger partial charge in [0.05, 0.1) is 18.2 Å². The average Bonchev–Trinajstić information content (AvgIpc) is 3.23. The maximum Gasteiger partial charge on any atom is 0.221 e. The molecule has 1 saturated heterocycles. The number of hydrogen-bond acceptors (Lipinski definition) is 4. The van der Waals surface area contributed by atoms with Crippen LogP contribution < -0.4 is 10.6 Å². The van der Waals surface area contributed by atoms with Gasteiger partial charge in [-0.3, -0.25) is 4.79 Å². The molecule has 0 aliphatic carbocycles. The summed E-state index contributed by atoms with van der Waals surface area (Å²) < 4.78 is 15.4. The fourth-order valence-electron chi connectivity index (χ4n) is 4.14. The van der Waals surface area contributed by atoms with Gasteiger partial charge in [-0.25, -0.2) is 14.4 Å². The molecule has 3 aromatic rings. The van der Waals surface area contributed by atoms with Crippen LogP contribution >= 0.6 is 11.6 Å². The maximum absolute atomic E-state index is 15.4. The smallest absolute Gasteiger partial charge is 0.221 e. The van der Waals surface area contributed by atoms with Crippen LogP contribution in [0.5, 0.6) is 0 Å². The van der Waals surface area contributed by atoms with Gasteiger partial charge < -0.3 is 10.6 Å². The molecule has 0 bridgehead atoms. The van der Waals surface area contributed by atoms with Crippen molar-refractivity contribution in [3.8, 4) is 0 Å². The second kappa shape index (κ2) is 9.43. The van der Waals surface area contributed by atoms with Gasteiger partial charge in [-0.15, -0.1) is 0 Å². The molecule has 4 rings (SSSR count). The molecule has 0 spiro atoms. The first kappa shape index (κ1) is 21.2. The number of rotatable bonds is 7. The second-order valence-electron chi connectivity index (χ2n) is 7.82. The van der Waals surface area contributed by atoms with E-state index >= 15 is 4.39 Å². The first-order valence-corrected chi connectivity index (χ1v) is 10.8. The molecular weight excluding hydrogens is 415 g/mol. The van der Waals surface area contributed by atoms with Crippen molar-refractivity contribution in [2.75, 3.05) is 11.4 Å². The number of carbonyl (C=O) groups is 1. The van der Waals surface area contributed by atoms with Gasteiger partial charge in [0.15, 0.2) is 11.6 Å². The lowest BCUT2D eigenvalue weighted by Gasteiger charge is -2.27. The van der Waals surface area contributed by atoms with E-state index in [1.54, 1.807) is 0 Å². The van der Waals surface area contributed by atoms with Gasteiger partial charge in [0, 0.05) is 11.6 Å². The Morgan fingerprint density at radius 1 is 1.13 bits per heavy atom. The summed E-state index contributed by atoms with van der Waals surface area (Å²) in [7, 11) is 0. The van der Waals surface area contributed by atoms with Gasteiger partial charge in [-0.1, -0.05) is 48.0 Å². The third-order valence-electron chi connectivity index (χ3n) is 5.65. The molecule has 1 unspecified atom stereocenters. The van der Waals surface area contributed by atoms with Gasteiger partial charge in [0.25, 0.3) is 0 Å². The molecule has 1 amide bonds. The highest BCUT2D eigenvalue weighted by atomic mass is 35.5. The predicted molar refractivity (Wildman–Crippen MR) is 120 cm³/mol. The topological polar surface area (TPSA) is 72.1 Å². The Kier molecular flexibility index (Phi) is 6.47. The van der Waals surface area contributed by atoms with E-state index in [0.29, 0.717) is 29.4 Å². The van der Waals surface area contributed by atoms with Crippen molar-refractivity contribution in [2.45, 2.75) is 38.1 Å². The normalized spacial score (nSPS) is 15.9. The monoisotopic (exact) mass is 438 g/mol. The Labute approximate surface area is 186 Å². The van der Waals surface area contributed by atoms with Gasteiger partial charge in [-0.2, -0.15) is 0 Å². The van der Waals surface area contributed by atoms with Crippen LogP contribution in [0.25, 0.3) is 0 Å². The van der Waals surface area contributed by atoms with E-state index in [9.17, 15) is 4.79 Å². The summed E-state index contributed by atoms with van der Waals surface area (Å²) >= 11 is 6.17. The van der Waals surface area contributed by atoms with Crippen molar-refractivity contribution in [3.05, 3.63) is 88.1 Å². The van der Waals surface area contributed by atoms with Gasteiger partial charge in [0.2, 0.25) is 5.91 Å². The number of nitrogens with zero attached hydrogens (tertiary/aromatic N) is 3. The number of benzene rings is 2. The molecule has 2 aromatic carbocycles. The zero-order valence-electron chi connectivity index (χ0n) is 17.1. The number of amides is 1. The van der Waals surface area contributed by atoms with Crippen LogP contribution in [0.2, 0.25) is 5.02 Å². The summed E-state index contributed by atoms with van der Waals surface area (Å²) in [4.78, 5) is 21.5. The van der Waals surface area contributed by atoms with Crippen molar-refractivity contribution in [3.63, 3.8) is 0 Å². The highest BCUT2D eigenvalue weighted by molar-refractivity contribution is 6.30. The molecule has 2 heterocycles. The molecule has 0 saturated carbocycles. The minimum atomic E-state index is -0.360. The first-order valence-electron chi connectivity index (χ1n) is 10.4. The molecule has 1 aliphatic heterocycles. The quantitative estimate of drug-likeness (QED) is 0.592. The maximum atomic E-state index is 15.4. The summed E-state index contributed by atoms with van der Waals surface area (Å²) in [5.41, 5.74) is 8.62. The number of hydrogen-bond donors (Lipinski definition) is 1. The van der Waals surface area contributed by atoms with E-state index in [1.165, 1.54) is 6.33 Å². The number of anilines is 1. The van der Waals surface area contributed by atoms with E-state index in [2.05, 4.69) is 9.97 Å². The molecule has 5 nitrogen and oxygen atoms in total. The molecule has 1 aliphatic rings. The van der Waals surface area contributed by atoms with E-state index in [1.807, 2.05) is 53.4 Å². The predicted octanol–water partition coefficient (Wildman–Crippen LogP) is 4.42. The summed E-state index contributed by atoms with van der Waals surface area (Å²) in [6.07, 6.45) is 4.66. The summed E-state index contributed by atoms with van der Waals surface area (Å²) in [6, 6.07) is 15.4. The molecule has 1 atom stereocenters. The van der Waals surface area contributed by atoms with Gasteiger partial charge in [0.1, 0.15) is 6.33 Å². The molecule has 0 radical (unpaired) electrons. The minimum absolute atomic E-state index is 0.0498. The van der Waals surface area contributed by atoms with Crippen molar-refractivity contribution < 1.29 is 9.18 Å². The molecule has 7 heteroatoms. The largest absolute Gasteiger partial charge is 0.369 e. The number of carbonyl (C=O) groups excluding carboxylic acids is 1. The summed E-state index contributed by atoms with van der Waals surface area (Å²) in [5, 5.41) is 0.676. The Bertz CT molecular complexity index is 1070. The van der Waals surface area contributed by atoms with Gasteiger partial charge >= 0.3 is 0 Å². The third kappa shape index (κ3) is 5.02. The fraction of sp³-hybridized carbons (Fsp3) is 0.292. The lowest BCUT2D eigenvalue weighted by Crippen LogP contribution is -2.25. The highest BCUT2D eigenvalue weighted by Crippen LogP contribution is 2.37. The van der Waals surface area contributed by atoms with Crippen molar-refractivity contribution in [2.24, 2.45) is 5.73 Å². The Hall–Kier alpha value is -2.99. The number of primary amides is 1. The zero-order valence-corrected chi connectivity index (χ0v) is 17.9. The standard InChI is InChI=1S/C24H24ClFN4O/c25-19-4-1-3-18(14-19)21-5-2-12-30(21)24-23(26)20(28-15-29-24)11-10-16-6-8-17(9-7-16)13-22(27)31/h1,3-4,6-9,14-15,21H,2,5,10-13H2,(H2,27,31). The lowest BCUT2D eigenvalue weighted by atomic mass is 10.0. The highest BCUT2D eigenvalue weighted by Gasteiger charge is 2.30. The second-order valence-corrected chi connectivity index (χ2v) is 8.26. The molecule has 1 aromatic heterocycles. The fourth-order valence-corrected chi connectivity index (χ4v) is 4.34. The molecule has 160 valence electrons. The van der Waals surface area contributed by atoms with Crippen LogP contribution in [0.4, 0.5) is 10.2 Å².